The molecule has 4 nitrogen and oxygen atoms in total. The molecule has 2 aromatic rings. The minimum absolute atomic E-state index is 0.0324. The second kappa shape index (κ2) is 21.0. The highest BCUT2D eigenvalue weighted by Gasteiger charge is 2.19. The van der Waals surface area contributed by atoms with Crippen LogP contribution < -0.4 is 5.32 Å². The lowest BCUT2D eigenvalue weighted by molar-refractivity contribution is -0.882. The van der Waals surface area contributed by atoms with Crippen molar-refractivity contribution in [2.75, 3.05) is 32.5 Å². The molecule has 0 bridgehead atoms. The summed E-state index contributed by atoms with van der Waals surface area (Å²) in [4.78, 5) is 25.1. The van der Waals surface area contributed by atoms with Gasteiger partial charge in [-0.25, -0.2) is 4.39 Å². The van der Waals surface area contributed by atoms with Crippen LogP contribution in [-0.2, 0) is 4.79 Å². The number of carbonyl (C=O) groups excluding carboxylic acids is 2. The summed E-state index contributed by atoms with van der Waals surface area (Å²) in [5.41, 5.74) is 1.52. The van der Waals surface area contributed by atoms with Gasteiger partial charge in [0.05, 0.1) is 20.6 Å². The van der Waals surface area contributed by atoms with Crippen molar-refractivity contribution in [2.45, 2.75) is 110 Å². The molecule has 0 saturated heterocycles. The lowest BCUT2D eigenvalue weighted by Crippen LogP contribution is -2.46. The van der Waals surface area contributed by atoms with Gasteiger partial charge in [-0.2, -0.15) is 0 Å². The van der Waals surface area contributed by atoms with Gasteiger partial charge in [0.15, 0.2) is 12.3 Å². The molecule has 0 aliphatic rings. The number of likely N-dealkylation sites (N-methyl/N-ethyl adjacent to an activating group) is 1. The van der Waals surface area contributed by atoms with Crippen LogP contribution >= 0.6 is 0 Å². The van der Waals surface area contributed by atoms with Crippen LogP contribution in [0.3, 0.4) is 0 Å². The summed E-state index contributed by atoms with van der Waals surface area (Å²) in [7, 11) is 4.21. The van der Waals surface area contributed by atoms with Crippen LogP contribution in [0.5, 0.6) is 0 Å². The van der Waals surface area contributed by atoms with E-state index in [4.69, 9.17) is 0 Å². The van der Waals surface area contributed by atoms with E-state index in [9.17, 15) is 14.0 Å². The Bertz CT molecular complexity index is 1060. The van der Waals surface area contributed by atoms with Crippen molar-refractivity contribution in [3.8, 4) is 0 Å². The molecule has 0 aromatic heterocycles. The maximum absolute atomic E-state index is 13.8. The van der Waals surface area contributed by atoms with Crippen LogP contribution in [0.2, 0.25) is 0 Å². The number of nitrogens with one attached hydrogen (secondary N) is 1. The van der Waals surface area contributed by atoms with Gasteiger partial charge in [0, 0.05) is 16.8 Å². The van der Waals surface area contributed by atoms with Gasteiger partial charge >= 0.3 is 0 Å². The Balaban J connectivity index is 1.53. The summed E-state index contributed by atoms with van der Waals surface area (Å²) in [6.07, 6.45) is 24.6. The van der Waals surface area contributed by atoms with E-state index in [1.165, 1.54) is 115 Å². The molecule has 232 valence electrons. The largest absolute Gasteiger partial charge is 0.321 e. The third-order valence-electron chi connectivity index (χ3n) is 7.96. The molecule has 2 aromatic carbocycles. The minimum atomic E-state index is -0.365. The lowest BCUT2D eigenvalue weighted by atomic mass is 10.0. The summed E-state index contributed by atoms with van der Waals surface area (Å²) in [6, 6.07) is 13.2. The van der Waals surface area contributed by atoms with Gasteiger partial charge in [-0.3, -0.25) is 9.59 Å². The van der Waals surface area contributed by atoms with Crippen molar-refractivity contribution in [1.82, 2.24) is 0 Å². The standard InChI is InChI=1S/C37H55FN2O2/c1-4-5-6-7-8-9-10-11-12-13-14-15-16-17-18-21-30-40(2,3)31-37(42)39-34-27-24-33(25-28-34)36(41)29-26-32-22-19-20-23-35(32)38/h19-20,22-29H,4-18,21,30-31H2,1-3H3/p+1/b29-26+. The van der Waals surface area contributed by atoms with Crippen LogP contribution in [-0.4, -0.2) is 43.4 Å². The molecule has 1 amide bonds. The van der Waals surface area contributed by atoms with Crippen LogP contribution in [0.4, 0.5) is 10.1 Å². The fourth-order valence-electron chi connectivity index (χ4n) is 5.35. The SMILES string of the molecule is CCCCCCCCCCCCCCCCCC[N+](C)(C)CC(=O)Nc1ccc(C(=O)/C=C/c2ccccc2F)cc1. The number of hydrogen-bond donors (Lipinski definition) is 1. The molecule has 0 unspecified atom stereocenters. The van der Waals surface area contributed by atoms with Crippen molar-refractivity contribution >= 4 is 23.5 Å². The normalized spacial score (nSPS) is 11.7. The van der Waals surface area contributed by atoms with E-state index in [2.05, 4.69) is 26.3 Å². The molecule has 0 heterocycles. The molecule has 0 saturated carbocycles. The van der Waals surface area contributed by atoms with E-state index in [1.54, 1.807) is 42.5 Å². The highest BCUT2D eigenvalue weighted by molar-refractivity contribution is 6.07. The first kappa shape index (κ1) is 35.4. The topological polar surface area (TPSA) is 46.2 Å². The Morgan fingerprint density at radius 1 is 0.714 bits per heavy atom. The third-order valence-corrected chi connectivity index (χ3v) is 7.96. The van der Waals surface area contributed by atoms with Crippen LogP contribution in [0.25, 0.3) is 6.08 Å². The van der Waals surface area contributed by atoms with Crippen LogP contribution in [0.1, 0.15) is 126 Å². The molecule has 2 rings (SSSR count). The molecule has 0 aliphatic carbocycles. The highest BCUT2D eigenvalue weighted by Crippen LogP contribution is 2.16. The second-order valence-corrected chi connectivity index (χ2v) is 12.5. The number of halogens is 1. The van der Waals surface area contributed by atoms with E-state index in [0.29, 0.717) is 27.8 Å². The first-order valence-corrected chi connectivity index (χ1v) is 16.5. The predicted octanol–water partition coefficient (Wildman–Crippen LogP) is 10.00. The number of benzene rings is 2. The smallest absolute Gasteiger partial charge is 0.279 e. The van der Waals surface area contributed by atoms with Gasteiger partial charge < -0.3 is 9.80 Å². The predicted molar refractivity (Wildman–Crippen MR) is 176 cm³/mol. The number of amides is 1. The van der Waals surface area contributed by atoms with Crippen molar-refractivity contribution in [3.05, 3.63) is 71.6 Å². The molecule has 42 heavy (non-hydrogen) atoms. The number of anilines is 1. The quantitative estimate of drug-likeness (QED) is 0.0616. The summed E-state index contributed by atoms with van der Waals surface area (Å²) in [6.45, 7) is 3.66. The van der Waals surface area contributed by atoms with Crippen LogP contribution in [0.15, 0.2) is 54.6 Å². The number of unbranched alkanes of at least 4 members (excludes halogenated alkanes) is 15. The molecule has 5 heteroatoms. The van der Waals surface area contributed by atoms with Gasteiger partial charge in [-0.1, -0.05) is 115 Å². The Labute approximate surface area is 255 Å². The molecule has 0 atom stereocenters. The number of carbonyl (C=O) groups is 2. The number of nitrogens with zero attached hydrogens (tertiary/aromatic N) is 1. The minimum Gasteiger partial charge on any atom is -0.321 e. The Morgan fingerprint density at radius 2 is 1.21 bits per heavy atom. The van der Waals surface area contributed by atoms with E-state index >= 15 is 0 Å². The zero-order valence-electron chi connectivity index (χ0n) is 26.6. The van der Waals surface area contributed by atoms with Gasteiger partial charge in [-0.15, -0.1) is 0 Å². The Hall–Kier alpha value is -2.79. The van der Waals surface area contributed by atoms with Gasteiger partial charge in [0.2, 0.25) is 0 Å². The van der Waals surface area contributed by atoms with Crippen molar-refractivity contribution in [1.29, 1.82) is 0 Å². The monoisotopic (exact) mass is 579 g/mol. The number of rotatable bonds is 23. The van der Waals surface area contributed by atoms with E-state index in [-0.39, 0.29) is 17.5 Å². The summed E-state index contributed by atoms with van der Waals surface area (Å²) in [5.74, 6) is -0.613. The van der Waals surface area contributed by atoms with E-state index in [1.807, 2.05) is 0 Å². The third kappa shape index (κ3) is 16.0. The maximum Gasteiger partial charge on any atom is 0.279 e. The Morgan fingerprint density at radius 3 is 1.74 bits per heavy atom. The average Bonchev–Trinajstić information content (AvgIpc) is 2.96. The molecule has 0 radical (unpaired) electrons. The molecule has 0 fully saturated rings. The van der Waals surface area contributed by atoms with Crippen molar-refractivity contribution in [3.63, 3.8) is 0 Å². The summed E-state index contributed by atoms with van der Waals surface area (Å²) < 4.78 is 14.4. The maximum atomic E-state index is 13.8. The summed E-state index contributed by atoms with van der Waals surface area (Å²) >= 11 is 0. The summed E-state index contributed by atoms with van der Waals surface area (Å²) in [5, 5.41) is 2.95. The number of ketones is 1. The zero-order chi connectivity index (χ0) is 30.5. The molecular weight excluding hydrogens is 523 g/mol. The molecule has 0 aliphatic heterocycles. The molecular formula is C37H56FN2O2+. The zero-order valence-corrected chi connectivity index (χ0v) is 26.6. The van der Waals surface area contributed by atoms with E-state index in [0.717, 1.165) is 13.0 Å². The average molecular weight is 580 g/mol. The van der Waals surface area contributed by atoms with Gasteiger partial charge in [-0.05, 0) is 55.3 Å². The van der Waals surface area contributed by atoms with E-state index < -0.39 is 0 Å². The number of allylic oxidation sites excluding steroid dienone is 1. The first-order chi connectivity index (χ1) is 20.3. The van der Waals surface area contributed by atoms with Crippen molar-refractivity contribution < 1.29 is 18.5 Å². The van der Waals surface area contributed by atoms with Crippen LogP contribution in [0, 0.1) is 5.82 Å². The molecule has 0 spiro atoms. The first-order valence-electron chi connectivity index (χ1n) is 16.5. The fourth-order valence-corrected chi connectivity index (χ4v) is 5.35. The molecule has 1 N–H and O–H groups in total. The highest BCUT2D eigenvalue weighted by atomic mass is 19.1. The van der Waals surface area contributed by atoms with Crippen molar-refractivity contribution in [2.24, 2.45) is 0 Å². The lowest BCUT2D eigenvalue weighted by Gasteiger charge is -2.29. The number of hydrogen-bond acceptors (Lipinski definition) is 2. The van der Waals surface area contributed by atoms with Gasteiger partial charge in [0.1, 0.15) is 5.82 Å². The van der Waals surface area contributed by atoms with Gasteiger partial charge in [0.25, 0.3) is 5.91 Å². The number of quaternary nitrogens is 1. The fraction of sp³-hybridized carbons (Fsp3) is 0.568. The second-order valence-electron chi connectivity index (χ2n) is 12.5. The Kier molecular flexibility index (Phi) is 17.7.